The second-order valence-corrected chi connectivity index (χ2v) is 5.81. The maximum Gasteiger partial charge on any atom is 0.168 e. The first-order valence-electron chi connectivity index (χ1n) is 7.19. The maximum atomic E-state index is 5.76. The molecule has 3 heteroatoms. The minimum atomic E-state index is -0.211. The summed E-state index contributed by atoms with van der Waals surface area (Å²) in [6.07, 6.45) is 5.69. The van der Waals surface area contributed by atoms with Gasteiger partial charge in [0.15, 0.2) is 5.79 Å². The second-order valence-electron chi connectivity index (χ2n) is 5.81. The highest BCUT2D eigenvalue weighted by Crippen LogP contribution is 2.36. The molecule has 2 fully saturated rings. The highest BCUT2D eigenvalue weighted by atomic mass is 16.7. The Kier molecular flexibility index (Phi) is 4.45. The van der Waals surface area contributed by atoms with Crippen LogP contribution in [0.4, 0.5) is 0 Å². The summed E-state index contributed by atoms with van der Waals surface area (Å²) >= 11 is 0. The van der Waals surface area contributed by atoms with E-state index in [-0.39, 0.29) is 5.79 Å². The predicted octanol–water partition coefficient (Wildman–Crippen LogP) is 2.70. The fourth-order valence-corrected chi connectivity index (χ4v) is 3.09. The van der Waals surface area contributed by atoms with Crippen molar-refractivity contribution in [3.8, 4) is 0 Å². The SMILES string of the molecule is CCC(NC1CCC2(CC1)OCCO2)C(C)C. The molecule has 1 aliphatic carbocycles. The molecule has 1 saturated carbocycles. The van der Waals surface area contributed by atoms with Crippen LogP contribution in [0, 0.1) is 5.92 Å². The fraction of sp³-hybridized carbons (Fsp3) is 1.00. The lowest BCUT2D eigenvalue weighted by Gasteiger charge is -2.37. The lowest BCUT2D eigenvalue weighted by atomic mass is 9.88. The van der Waals surface area contributed by atoms with E-state index in [1.807, 2.05) is 0 Å². The van der Waals surface area contributed by atoms with Crippen LogP contribution in [0.1, 0.15) is 52.9 Å². The molecule has 1 spiro atoms. The molecule has 1 N–H and O–H groups in total. The van der Waals surface area contributed by atoms with E-state index in [4.69, 9.17) is 9.47 Å². The van der Waals surface area contributed by atoms with E-state index in [9.17, 15) is 0 Å². The molecule has 0 radical (unpaired) electrons. The first-order valence-corrected chi connectivity index (χ1v) is 7.19. The quantitative estimate of drug-likeness (QED) is 0.821. The van der Waals surface area contributed by atoms with Gasteiger partial charge in [0.05, 0.1) is 13.2 Å². The summed E-state index contributed by atoms with van der Waals surface area (Å²) in [4.78, 5) is 0. The van der Waals surface area contributed by atoms with Gasteiger partial charge in [0.25, 0.3) is 0 Å². The van der Waals surface area contributed by atoms with Crippen molar-refractivity contribution in [1.82, 2.24) is 5.32 Å². The van der Waals surface area contributed by atoms with Crippen molar-refractivity contribution in [2.45, 2.75) is 70.7 Å². The van der Waals surface area contributed by atoms with Crippen molar-refractivity contribution in [3.63, 3.8) is 0 Å². The van der Waals surface area contributed by atoms with Gasteiger partial charge in [-0.1, -0.05) is 20.8 Å². The molecule has 0 amide bonds. The maximum absolute atomic E-state index is 5.76. The summed E-state index contributed by atoms with van der Waals surface area (Å²) < 4.78 is 11.5. The van der Waals surface area contributed by atoms with Crippen LogP contribution in [0.15, 0.2) is 0 Å². The zero-order valence-electron chi connectivity index (χ0n) is 11.5. The van der Waals surface area contributed by atoms with Crippen LogP contribution in [0.2, 0.25) is 0 Å². The van der Waals surface area contributed by atoms with Gasteiger partial charge in [0, 0.05) is 24.9 Å². The number of rotatable bonds is 4. The number of hydrogen-bond acceptors (Lipinski definition) is 3. The monoisotopic (exact) mass is 241 g/mol. The minimum absolute atomic E-state index is 0.211. The molecule has 0 aromatic rings. The Labute approximate surface area is 105 Å². The highest BCUT2D eigenvalue weighted by molar-refractivity contribution is 4.87. The van der Waals surface area contributed by atoms with E-state index in [1.54, 1.807) is 0 Å². The number of ether oxygens (including phenoxy) is 2. The molecule has 17 heavy (non-hydrogen) atoms. The van der Waals surface area contributed by atoms with Crippen molar-refractivity contribution >= 4 is 0 Å². The summed E-state index contributed by atoms with van der Waals surface area (Å²) in [6, 6.07) is 1.31. The van der Waals surface area contributed by atoms with Crippen molar-refractivity contribution in [2.24, 2.45) is 5.92 Å². The van der Waals surface area contributed by atoms with Crippen molar-refractivity contribution in [1.29, 1.82) is 0 Å². The molecule has 1 saturated heterocycles. The van der Waals surface area contributed by atoms with Crippen LogP contribution in [0.25, 0.3) is 0 Å². The molecule has 1 heterocycles. The van der Waals surface area contributed by atoms with E-state index >= 15 is 0 Å². The number of hydrogen-bond donors (Lipinski definition) is 1. The third-order valence-corrected chi connectivity index (χ3v) is 4.26. The van der Waals surface area contributed by atoms with Crippen molar-refractivity contribution in [3.05, 3.63) is 0 Å². The van der Waals surface area contributed by atoms with E-state index in [2.05, 4.69) is 26.1 Å². The molecule has 0 aromatic carbocycles. The molecule has 3 nitrogen and oxygen atoms in total. The van der Waals surface area contributed by atoms with Crippen molar-refractivity contribution < 1.29 is 9.47 Å². The van der Waals surface area contributed by atoms with Crippen LogP contribution in [-0.2, 0) is 9.47 Å². The van der Waals surface area contributed by atoms with Crippen molar-refractivity contribution in [2.75, 3.05) is 13.2 Å². The lowest BCUT2D eigenvalue weighted by molar-refractivity contribution is -0.179. The molecule has 0 aromatic heterocycles. The van der Waals surface area contributed by atoms with Crippen LogP contribution in [-0.4, -0.2) is 31.1 Å². The Hall–Kier alpha value is -0.120. The van der Waals surface area contributed by atoms with Gasteiger partial charge in [-0.3, -0.25) is 0 Å². The van der Waals surface area contributed by atoms with E-state index < -0.39 is 0 Å². The third-order valence-electron chi connectivity index (χ3n) is 4.26. The molecule has 1 atom stereocenters. The molecular weight excluding hydrogens is 214 g/mol. The van der Waals surface area contributed by atoms with E-state index in [1.165, 1.54) is 19.3 Å². The van der Waals surface area contributed by atoms with Gasteiger partial charge in [-0.25, -0.2) is 0 Å². The zero-order valence-corrected chi connectivity index (χ0v) is 11.5. The van der Waals surface area contributed by atoms with Gasteiger partial charge in [-0.05, 0) is 25.2 Å². The Morgan fingerprint density at radius 2 is 1.76 bits per heavy atom. The Balaban J connectivity index is 1.78. The Morgan fingerprint density at radius 1 is 1.18 bits per heavy atom. The normalized spacial score (nSPS) is 26.8. The van der Waals surface area contributed by atoms with Gasteiger partial charge in [0.2, 0.25) is 0 Å². The summed E-state index contributed by atoms with van der Waals surface area (Å²) in [7, 11) is 0. The number of nitrogens with one attached hydrogen (secondary N) is 1. The second kappa shape index (κ2) is 5.68. The van der Waals surface area contributed by atoms with Crippen LogP contribution in [0.5, 0.6) is 0 Å². The first kappa shape index (κ1) is 13.3. The first-order chi connectivity index (χ1) is 8.15. The average Bonchev–Trinajstić information content (AvgIpc) is 2.77. The molecule has 2 rings (SSSR count). The molecule has 100 valence electrons. The van der Waals surface area contributed by atoms with Gasteiger partial charge < -0.3 is 14.8 Å². The Bertz CT molecular complexity index is 226. The minimum Gasteiger partial charge on any atom is -0.348 e. The standard InChI is InChI=1S/C14H27NO2/c1-4-13(11(2)3)15-12-5-7-14(8-6-12)16-9-10-17-14/h11-13,15H,4-10H2,1-3H3. The highest BCUT2D eigenvalue weighted by Gasteiger charge is 2.40. The van der Waals surface area contributed by atoms with Crippen LogP contribution >= 0.6 is 0 Å². The molecular formula is C14H27NO2. The van der Waals surface area contributed by atoms with Gasteiger partial charge in [-0.15, -0.1) is 0 Å². The summed E-state index contributed by atoms with van der Waals surface area (Å²) in [5, 5.41) is 3.80. The van der Waals surface area contributed by atoms with Gasteiger partial charge in [-0.2, -0.15) is 0 Å². The molecule has 1 aliphatic heterocycles. The topological polar surface area (TPSA) is 30.5 Å². The molecule has 1 unspecified atom stereocenters. The van der Waals surface area contributed by atoms with Crippen LogP contribution in [0.3, 0.4) is 0 Å². The van der Waals surface area contributed by atoms with E-state index in [0.29, 0.717) is 12.1 Å². The third kappa shape index (κ3) is 3.21. The summed E-state index contributed by atoms with van der Waals surface area (Å²) in [5.41, 5.74) is 0. The smallest absolute Gasteiger partial charge is 0.168 e. The zero-order chi connectivity index (χ0) is 12.3. The molecule has 2 aliphatic rings. The van der Waals surface area contributed by atoms with Crippen LogP contribution < -0.4 is 5.32 Å². The van der Waals surface area contributed by atoms with Gasteiger partial charge >= 0.3 is 0 Å². The average molecular weight is 241 g/mol. The summed E-state index contributed by atoms with van der Waals surface area (Å²) in [6.45, 7) is 8.43. The largest absolute Gasteiger partial charge is 0.348 e. The molecule has 0 bridgehead atoms. The predicted molar refractivity (Wildman–Crippen MR) is 68.9 cm³/mol. The van der Waals surface area contributed by atoms with Gasteiger partial charge in [0.1, 0.15) is 0 Å². The lowest BCUT2D eigenvalue weighted by Crippen LogP contribution is -2.46. The summed E-state index contributed by atoms with van der Waals surface area (Å²) in [5.74, 6) is 0.507. The Morgan fingerprint density at radius 3 is 2.24 bits per heavy atom. The van der Waals surface area contributed by atoms with E-state index in [0.717, 1.165) is 32.0 Å². The fourth-order valence-electron chi connectivity index (χ4n) is 3.09.